The summed E-state index contributed by atoms with van der Waals surface area (Å²) in [5.41, 5.74) is 1.48. The quantitative estimate of drug-likeness (QED) is 0.0972. The third kappa shape index (κ3) is 20.5. The molecule has 0 fully saturated rings. The van der Waals surface area contributed by atoms with E-state index in [1.807, 2.05) is 0 Å². The highest BCUT2D eigenvalue weighted by Gasteiger charge is 2.04. The minimum Gasteiger partial charge on any atom is -0.121 e. The van der Waals surface area contributed by atoms with Crippen LogP contribution in [0.4, 0.5) is 0 Å². The number of halogens is 2. The van der Waals surface area contributed by atoms with Crippen LogP contribution in [0.2, 0.25) is 0 Å². The van der Waals surface area contributed by atoms with E-state index in [0.29, 0.717) is 0 Å². The van der Waals surface area contributed by atoms with Gasteiger partial charge in [-0.1, -0.05) is 155 Å². The van der Waals surface area contributed by atoms with E-state index in [0.717, 1.165) is 0 Å². The molecular weight excluding hydrogens is 552 g/mol. The van der Waals surface area contributed by atoms with Crippen molar-refractivity contribution in [3.8, 4) is 0 Å². The standard InChI is InChI=1S/C30H54Br2S/c1-2-3-4-5-6-7-8-9-10-11-12-13-14-15-16-17-18-19-20-21-22-23-24-25-26-28-27-29(31)33-30(28)32/h27H,2-26H2,1H3. The van der Waals surface area contributed by atoms with Gasteiger partial charge >= 0.3 is 0 Å². The highest BCUT2D eigenvalue weighted by Crippen LogP contribution is 2.32. The van der Waals surface area contributed by atoms with Crippen LogP contribution < -0.4 is 0 Å². The monoisotopic (exact) mass is 604 g/mol. The Labute approximate surface area is 228 Å². The average molecular weight is 607 g/mol. The predicted octanol–water partition coefficient (Wildman–Crippen LogP) is 13.2. The maximum absolute atomic E-state index is 3.67. The Morgan fingerprint density at radius 3 is 1.06 bits per heavy atom. The fourth-order valence-corrected chi connectivity index (χ4v) is 7.74. The van der Waals surface area contributed by atoms with E-state index in [9.17, 15) is 0 Å². The summed E-state index contributed by atoms with van der Waals surface area (Å²) < 4.78 is 2.55. The van der Waals surface area contributed by atoms with E-state index < -0.39 is 0 Å². The molecule has 0 atom stereocenters. The van der Waals surface area contributed by atoms with Gasteiger partial charge in [-0.25, -0.2) is 0 Å². The van der Waals surface area contributed by atoms with Crippen molar-refractivity contribution >= 4 is 43.2 Å². The summed E-state index contributed by atoms with van der Waals surface area (Å²) in [5.74, 6) is 0. The molecule has 1 heterocycles. The maximum atomic E-state index is 3.67. The molecule has 0 aliphatic carbocycles. The summed E-state index contributed by atoms with van der Waals surface area (Å²) in [6.45, 7) is 2.30. The van der Waals surface area contributed by atoms with Gasteiger partial charge in [0, 0.05) is 0 Å². The van der Waals surface area contributed by atoms with Crippen LogP contribution in [0.25, 0.3) is 0 Å². The molecule has 0 amide bonds. The van der Waals surface area contributed by atoms with Crippen LogP contribution in [0.5, 0.6) is 0 Å². The molecule has 0 saturated carbocycles. The summed E-state index contributed by atoms with van der Waals surface area (Å²) in [4.78, 5) is 0. The smallest absolute Gasteiger partial charge is 0.0742 e. The predicted molar refractivity (Wildman–Crippen MR) is 160 cm³/mol. The summed E-state index contributed by atoms with van der Waals surface area (Å²) >= 11 is 9.04. The molecule has 0 spiro atoms. The molecule has 3 heteroatoms. The van der Waals surface area contributed by atoms with Crippen LogP contribution in [0.1, 0.15) is 167 Å². The van der Waals surface area contributed by atoms with Gasteiger partial charge in [0.15, 0.2) is 0 Å². The third-order valence-corrected chi connectivity index (χ3v) is 9.49. The fourth-order valence-electron chi connectivity index (χ4n) is 4.82. The first kappa shape index (κ1) is 31.7. The van der Waals surface area contributed by atoms with Crippen molar-refractivity contribution in [3.63, 3.8) is 0 Å². The topological polar surface area (TPSA) is 0 Å². The van der Waals surface area contributed by atoms with E-state index in [1.54, 1.807) is 11.3 Å². The Morgan fingerprint density at radius 1 is 0.485 bits per heavy atom. The van der Waals surface area contributed by atoms with Crippen molar-refractivity contribution in [3.05, 3.63) is 19.2 Å². The molecule has 0 unspecified atom stereocenters. The molecule has 1 aromatic heterocycles. The molecular formula is C30H54Br2S. The van der Waals surface area contributed by atoms with E-state index in [1.165, 1.54) is 174 Å². The van der Waals surface area contributed by atoms with E-state index >= 15 is 0 Å². The van der Waals surface area contributed by atoms with Gasteiger partial charge in [-0.3, -0.25) is 0 Å². The van der Waals surface area contributed by atoms with Crippen LogP contribution in [0.3, 0.4) is 0 Å². The van der Waals surface area contributed by atoms with Gasteiger partial charge in [0.05, 0.1) is 7.57 Å². The minimum atomic E-state index is 1.22. The fraction of sp³-hybridized carbons (Fsp3) is 0.867. The van der Waals surface area contributed by atoms with Crippen molar-refractivity contribution < 1.29 is 0 Å². The second kappa shape index (κ2) is 24.4. The summed E-state index contributed by atoms with van der Waals surface area (Å²) in [6, 6.07) is 2.27. The molecule has 1 rings (SSSR count). The Morgan fingerprint density at radius 2 is 0.788 bits per heavy atom. The molecule has 194 valence electrons. The molecule has 0 aliphatic rings. The Kier molecular flexibility index (Phi) is 23.4. The van der Waals surface area contributed by atoms with Gasteiger partial charge in [-0.2, -0.15) is 0 Å². The second-order valence-corrected chi connectivity index (χ2v) is 14.0. The van der Waals surface area contributed by atoms with Gasteiger partial charge in [0.1, 0.15) is 0 Å². The van der Waals surface area contributed by atoms with Crippen LogP contribution >= 0.6 is 43.2 Å². The third-order valence-electron chi connectivity index (χ3n) is 7.03. The van der Waals surface area contributed by atoms with Gasteiger partial charge in [0.2, 0.25) is 0 Å². The maximum Gasteiger partial charge on any atom is 0.0742 e. The zero-order chi connectivity index (χ0) is 23.8. The molecule has 0 aliphatic heterocycles. The Bertz CT molecular complexity index is 525. The normalized spacial score (nSPS) is 11.5. The Balaban J connectivity index is 1.67. The summed E-state index contributed by atoms with van der Waals surface area (Å²) in [5, 5.41) is 0. The summed E-state index contributed by atoms with van der Waals surface area (Å²) in [6.07, 6.45) is 36.2. The molecule has 0 nitrogen and oxygen atoms in total. The molecule has 0 radical (unpaired) electrons. The van der Waals surface area contributed by atoms with Crippen molar-refractivity contribution in [1.29, 1.82) is 0 Å². The zero-order valence-electron chi connectivity index (χ0n) is 21.9. The number of hydrogen-bond donors (Lipinski definition) is 0. The SMILES string of the molecule is CCCCCCCCCCCCCCCCCCCCCCCCCCc1cc(Br)sc1Br. The lowest BCUT2D eigenvalue weighted by molar-refractivity contribution is 0.517. The van der Waals surface area contributed by atoms with Crippen molar-refractivity contribution in [2.24, 2.45) is 0 Å². The highest BCUT2D eigenvalue weighted by atomic mass is 79.9. The van der Waals surface area contributed by atoms with E-state index in [-0.39, 0.29) is 0 Å². The number of rotatable bonds is 25. The molecule has 0 bridgehead atoms. The molecule has 33 heavy (non-hydrogen) atoms. The van der Waals surface area contributed by atoms with Crippen molar-refractivity contribution in [2.75, 3.05) is 0 Å². The zero-order valence-corrected chi connectivity index (χ0v) is 25.9. The average Bonchev–Trinajstić information content (AvgIpc) is 3.13. The van der Waals surface area contributed by atoms with Gasteiger partial charge < -0.3 is 0 Å². The number of thiophene rings is 1. The number of aryl methyl sites for hydroxylation is 1. The van der Waals surface area contributed by atoms with Crippen LogP contribution in [0.15, 0.2) is 13.6 Å². The second-order valence-electron chi connectivity index (χ2n) is 10.2. The van der Waals surface area contributed by atoms with Crippen molar-refractivity contribution in [1.82, 2.24) is 0 Å². The van der Waals surface area contributed by atoms with Crippen molar-refractivity contribution in [2.45, 2.75) is 167 Å². The lowest BCUT2D eigenvalue weighted by Gasteiger charge is -2.04. The first-order chi connectivity index (χ1) is 16.2. The van der Waals surface area contributed by atoms with Gasteiger partial charge in [-0.15, -0.1) is 11.3 Å². The molecule has 1 aromatic rings. The number of hydrogen-bond acceptors (Lipinski definition) is 1. The van der Waals surface area contributed by atoms with Crippen LogP contribution in [-0.2, 0) is 6.42 Å². The Hall–Kier alpha value is 0.660. The summed E-state index contributed by atoms with van der Waals surface area (Å²) in [7, 11) is 0. The van der Waals surface area contributed by atoms with E-state index in [4.69, 9.17) is 0 Å². The van der Waals surface area contributed by atoms with E-state index in [2.05, 4.69) is 44.8 Å². The molecule has 0 aromatic carbocycles. The molecule has 0 saturated heterocycles. The lowest BCUT2D eigenvalue weighted by atomic mass is 10.0. The van der Waals surface area contributed by atoms with Crippen LogP contribution in [0, 0.1) is 0 Å². The first-order valence-electron chi connectivity index (χ1n) is 14.7. The molecule has 0 N–H and O–H groups in total. The van der Waals surface area contributed by atoms with Gasteiger partial charge in [0.25, 0.3) is 0 Å². The number of unbranched alkanes of at least 4 members (excludes halogenated alkanes) is 23. The van der Waals surface area contributed by atoms with Crippen LogP contribution in [-0.4, -0.2) is 0 Å². The first-order valence-corrected chi connectivity index (χ1v) is 17.1. The highest BCUT2D eigenvalue weighted by molar-refractivity contribution is 9.12. The van der Waals surface area contributed by atoms with Gasteiger partial charge in [-0.05, 0) is 56.3 Å². The minimum absolute atomic E-state index is 1.22. The lowest BCUT2D eigenvalue weighted by Crippen LogP contribution is -1.86. The largest absolute Gasteiger partial charge is 0.121 e.